The number of nitrogens with two attached hydrogens (primary N) is 1. The second-order valence-electron chi connectivity index (χ2n) is 5.94. The van der Waals surface area contributed by atoms with Gasteiger partial charge in [0.15, 0.2) is 0 Å². The number of halogens is 1. The van der Waals surface area contributed by atoms with Crippen LogP contribution in [0.1, 0.15) is 17.0 Å². The van der Waals surface area contributed by atoms with Gasteiger partial charge in [0, 0.05) is 0 Å². The lowest BCUT2D eigenvalue weighted by Crippen LogP contribution is -2.13. The van der Waals surface area contributed by atoms with Crippen molar-refractivity contribution in [1.82, 2.24) is 4.98 Å². The van der Waals surface area contributed by atoms with Crippen molar-refractivity contribution in [2.24, 2.45) is 5.73 Å². The summed E-state index contributed by atoms with van der Waals surface area (Å²) >= 11 is 0. The molecule has 3 aromatic rings. The average molecular weight is 370 g/mol. The molecule has 0 radical (unpaired) electrons. The largest absolute Gasteiger partial charge is 0.497 e. The van der Waals surface area contributed by atoms with E-state index in [-0.39, 0.29) is 30.4 Å². The molecule has 1 amide bonds. The van der Waals surface area contributed by atoms with Gasteiger partial charge in [-0.1, -0.05) is 12.1 Å². The van der Waals surface area contributed by atoms with E-state index in [9.17, 15) is 9.18 Å². The SMILES string of the molecule is COc1ccc(F)c(-c2nc(COc3ccc(CC(N)=O)cc3)c(C)o2)c1. The number of primary amides is 1. The van der Waals surface area contributed by atoms with Crippen molar-refractivity contribution in [3.05, 3.63) is 65.3 Å². The number of aryl methyl sites for hydroxylation is 1. The predicted molar refractivity (Wildman–Crippen MR) is 96.9 cm³/mol. The van der Waals surface area contributed by atoms with Crippen molar-refractivity contribution in [2.75, 3.05) is 7.11 Å². The summed E-state index contributed by atoms with van der Waals surface area (Å²) in [7, 11) is 1.51. The van der Waals surface area contributed by atoms with Gasteiger partial charge in [-0.25, -0.2) is 9.37 Å². The summed E-state index contributed by atoms with van der Waals surface area (Å²) < 4.78 is 30.5. The summed E-state index contributed by atoms with van der Waals surface area (Å²) in [4.78, 5) is 15.3. The summed E-state index contributed by atoms with van der Waals surface area (Å²) in [6.45, 7) is 1.90. The summed E-state index contributed by atoms with van der Waals surface area (Å²) in [5.74, 6) is 0.987. The summed E-state index contributed by atoms with van der Waals surface area (Å²) in [5.41, 5.74) is 6.76. The maximum absolute atomic E-state index is 14.1. The first kappa shape index (κ1) is 18.4. The van der Waals surface area contributed by atoms with E-state index in [0.29, 0.717) is 23.0 Å². The van der Waals surface area contributed by atoms with Crippen LogP contribution in [0.2, 0.25) is 0 Å². The molecule has 0 saturated heterocycles. The number of carbonyl (C=O) groups is 1. The zero-order valence-corrected chi connectivity index (χ0v) is 15.0. The molecule has 0 aliphatic carbocycles. The Balaban J connectivity index is 1.73. The van der Waals surface area contributed by atoms with Gasteiger partial charge in [-0.3, -0.25) is 4.79 Å². The summed E-state index contributed by atoms with van der Waals surface area (Å²) in [6, 6.07) is 11.4. The zero-order chi connectivity index (χ0) is 19.4. The van der Waals surface area contributed by atoms with Crippen LogP contribution >= 0.6 is 0 Å². The molecular weight excluding hydrogens is 351 g/mol. The van der Waals surface area contributed by atoms with Crippen LogP contribution in [0.4, 0.5) is 4.39 Å². The molecule has 0 atom stereocenters. The number of hydrogen-bond acceptors (Lipinski definition) is 5. The lowest BCUT2D eigenvalue weighted by Gasteiger charge is -2.05. The van der Waals surface area contributed by atoms with E-state index in [1.165, 1.54) is 25.3 Å². The second kappa shape index (κ2) is 7.90. The molecule has 0 aliphatic rings. The minimum absolute atomic E-state index is 0.163. The number of methoxy groups -OCH3 is 1. The Bertz CT molecular complexity index is 951. The highest BCUT2D eigenvalue weighted by Gasteiger charge is 2.16. The van der Waals surface area contributed by atoms with Crippen LogP contribution in [0.15, 0.2) is 46.9 Å². The van der Waals surface area contributed by atoms with Gasteiger partial charge >= 0.3 is 0 Å². The molecule has 0 saturated carbocycles. The van der Waals surface area contributed by atoms with Crippen LogP contribution in [-0.2, 0) is 17.8 Å². The molecule has 0 unspecified atom stereocenters. The number of oxazole rings is 1. The van der Waals surface area contributed by atoms with Gasteiger partial charge in [-0.15, -0.1) is 0 Å². The number of rotatable bonds is 7. The van der Waals surface area contributed by atoms with Crippen LogP contribution in [0.25, 0.3) is 11.5 Å². The zero-order valence-electron chi connectivity index (χ0n) is 15.0. The Morgan fingerprint density at radius 3 is 2.56 bits per heavy atom. The standard InChI is InChI=1S/C20H19FN2O4/c1-12-18(11-26-14-5-3-13(4-6-14)9-19(22)24)23-20(27-12)16-10-15(25-2)7-8-17(16)21/h3-8,10H,9,11H2,1-2H3,(H2,22,24). The van der Waals surface area contributed by atoms with Gasteiger partial charge in [0.1, 0.15) is 35.4 Å². The predicted octanol–water partition coefficient (Wildman–Crippen LogP) is 3.40. The molecule has 6 nitrogen and oxygen atoms in total. The fourth-order valence-electron chi connectivity index (χ4n) is 2.53. The van der Waals surface area contributed by atoms with E-state index in [1.54, 1.807) is 31.2 Å². The fourth-order valence-corrected chi connectivity index (χ4v) is 2.53. The first-order valence-electron chi connectivity index (χ1n) is 8.26. The normalized spacial score (nSPS) is 10.6. The minimum atomic E-state index is -0.449. The summed E-state index contributed by atoms with van der Waals surface area (Å²) in [5, 5.41) is 0. The highest BCUT2D eigenvalue weighted by molar-refractivity contribution is 5.76. The van der Waals surface area contributed by atoms with Gasteiger partial charge in [0.2, 0.25) is 11.8 Å². The van der Waals surface area contributed by atoms with Crippen molar-refractivity contribution in [2.45, 2.75) is 20.0 Å². The number of aromatic nitrogens is 1. The topological polar surface area (TPSA) is 87.6 Å². The molecule has 140 valence electrons. The molecule has 0 spiro atoms. The molecule has 7 heteroatoms. The third kappa shape index (κ3) is 4.44. The first-order valence-corrected chi connectivity index (χ1v) is 8.26. The number of ether oxygens (including phenoxy) is 2. The van der Waals surface area contributed by atoms with E-state index in [4.69, 9.17) is 19.6 Å². The number of carbonyl (C=O) groups excluding carboxylic acids is 1. The van der Waals surface area contributed by atoms with Crippen LogP contribution < -0.4 is 15.2 Å². The Morgan fingerprint density at radius 2 is 1.89 bits per heavy atom. The van der Waals surface area contributed by atoms with Crippen LogP contribution in [0.3, 0.4) is 0 Å². The molecule has 1 aromatic heterocycles. The minimum Gasteiger partial charge on any atom is -0.497 e. The molecule has 2 N–H and O–H groups in total. The smallest absolute Gasteiger partial charge is 0.229 e. The number of benzene rings is 2. The Hall–Kier alpha value is -3.35. The third-order valence-electron chi connectivity index (χ3n) is 3.97. The van der Waals surface area contributed by atoms with E-state index < -0.39 is 5.82 Å². The maximum atomic E-state index is 14.1. The van der Waals surface area contributed by atoms with Gasteiger partial charge < -0.3 is 19.6 Å². The van der Waals surface area contributed by atoms with Gasteiger partial charge in [-0.2, -0.15) is 0 Å². The Kier molecular flexibility index (Phi) is 5.40. The average Bonchev–Trinajstić information content (AvgIpc) is 3.01. The van der Waals surface area contributed by atoms with Crippen LogP contribution in [0.5, 0.6) is 11.5 Å². The molecular formula is C20H19FN2O4. The monoisotopic (exact) mass is 370 g/mol. The third-order valence-corrected chi connectivity index (χ3v) is 3.97. The molecule has 3 rings (SSSR count). The summed E-state index contributed by atoms with van der Waals surface area (Å²) in [6.07, 6.45) is 0.179. The highest BCUT2D eigenvalue weighted by atomic mass is 19.1. The lowest BCUT2D eigenvalue weighted by atomic mass is 10.1. The molecule has 0 bridgehead atoms. The fraction of sp³-hybridized carbons (Fsp3) is 0.200. The van der Waals surface area contributed by atoms with Gasteiger partial charge in [0.05, 0.1) is 19.1 Å². The van der Waals surface area contributed by atoms with Gasteiger partial charge in [0.25, 0.3) is 0 Å². The quantitative estimate of drug-likeness (QED) is 0.689. The van der Waals surface area contributed by atoms with E-state index in [0.717, 1.165) is 5.56 Å². The van der Waals surface area contributed by atoms with Crippen LogP contribution in [-0.4, -0.2) is 18.0 Å². The lowest BCUT2D eigenvalue weighted by molar-refractivity contribution is -0.117. The number of hydrogen-bond donors (Lipinski definition) is 1. The second-order valence-corrected chi connectivity index (χ2v) is 5.94. The van der Waals surface area contributed by atoms with E-state index in [2.05, 4.69) is 4.98 Å². The van der Waals surface area contributed by atoms with Gasteiger partial charge in [-0.05, 0) is 42.8 Å². The molecule has 27 heavy (non-hydrogen) atoms. The van der Waals surface area contributed by atoms with Crippen molar-refractivity contribution >= 4 is 5.91 Å². The van der Waals surface area contributed by atoms with E-state index in [1.807, 2.05) is 0 Å². The van der Waals surface area contributed by atoms with Crippen molar-refractivity contribution in [1.29, 1.82) is 0 Å². The van der Waals surface area contributed by atoms with Crippen molar-refractivity contribution in [3.8, 4) is 23.0 Å². The maximum Gasteiger partial charge on any atom is 0.229 e. The van der Waals surface area contributed by atoms with E-state index >= 15 is 0 Å². The van der Waals surface area contributed by atoms with Crippen LogP contribution in [0, 0.1) is 12.7 Å². The Labute approximate surface area is 155 Å². The molecule has 0 aliphatic heterocycles. The Morgan fingerprint density at radius 1 is 1.19 bits per heavy atom. The number of amides is 1. The molecule has 0 fully saturated rings. The molecule has 1 heterocycles. The first-order chi connectivity index (χ1) is 13.0. The van der Waals surface area contributed by atoms with Crippen molar-refractivity contribution < 1.29 is 23.1 Å². The highest BCUT2D eigenvalue weighted by Crippen LogP contribution is 2.28. The van der Waals surface area contributed by atoms with Crippen molar-refractivity contribution in [3.63, 3.8) is 0 Å². The number of nitrogens with zero attached hydrogens (tertiary/aromatic N) is 1. The molecule has 2 aromatic carbocycles.